The lowest BCUT2D eigenvalue weighted by molar-refractivity contribution is 0.0457. The summed E-state index contributed by atoms with van der Waals surface area (Å²) in [5.74, 6) is -0.395. The van der Waals surface area contributed by atoms with Crippen LogP contribution in [0.1, 0.15) is 17.4 Å². The van der Waals surface area contributed by atoms with E-state index in [4.69, 9.17) is 4.74 Å². The minimum absolute atomic E-state index is 0.349. The van der Waals surface area contributed by atoms with E-state index < -0.39 is 17.6 Å². The van der Waals surface area contributed by atoms with Gasteiger partial charge in [0.1, 0.15) is 11.9 Å². The molecule has 0 amide bonds. The molecule has 4 aromatic rings. The number of nitrogens with zero attached hydrogens (tertiary/aromatic N) is 3. The van der Waals surface area contributed by atoms with E-state index in [0.717, 1.165) is 14.6 Å². The largest absolute Gasteiger partial charge is 0.365 e. The molecule has 158 valence electrons. The number of ether oxygens (including phenoxy) is 1. The zero-order valence-electron chi connectivity index (χ0n) is 16.9. The standard InChI is InChI=1S/C23H19BrFN3O3/c1-26-19-17(22(29)27(2)23(26)30)18(13-6-5-7-14(24)12-13)28-10-11-31-21(20(19)28)15-8-3-4-9-16(15)25/h3-9,12,21H,10-11H2,1-2H3/t21-/m1/s1. The maximum atomic E-state index is 14.7. The SMILES string of the molecule is Cn1c(=O)c2c(-c3cccc(Br)c3)n3c(c2n(C)c1=O)[C@@H](c1ccccc1F)OCC3. The molecule has 0 bridgehead atoms. The Bertz CT molecular complexity index is 1470. The molecule has 3 heterocycles. The van der Waals surface area contributed by atoms with Crippen molar-refractivity contribution in [1.82, 2.24) is 13.7 Å². The fraction of sp³-hybridized carbons (Fsp3) is 0.217. The minimum Gasteiger partial charge on any atom is -0.365 e. The number of hydrogen-bond donors (Lipinski definition) is 0. The van der Waals surface area contributed by atoms with Crippen LogP contribution in [0.15, 0.2) is 62.6 Å². The van der Waals surface area contributed by atoms with E-state index in [-0.39, 0.29) is 5.56 Å². The normalized spacial score (nSPS) is 15.9. The second-order valence-corrected chi connectivity index (χ2v) is 8.51. The Hall–Kier alpha value is -2.97. The van der Waals surface area contributed by atoms with Gasteiger partial charge in [-0.15, -0.1) is 0 Å². The van der Waals surface area contributed by atoms with E-state index >= 15 is 0 Å². The number of aryl methyl sites for hydroxylation is 1. The Morgan fingerprint density at radius 2 is 1.84 bits per heavy atom. The lowest BCUT2D eigenvalue weighted by atomic mass is 10.0. The minimum atomic E-state index is -0.740. The summed E-state index contributed by atoms with van der Waals surface area (Å²) < 4.78 is 26.2. The van der Waals surface area contributed by atoms with Gasteiger partial charge >= 0.3 is 5.69 Å². The lowest BCUT2D eigenvalue weighted by Crippen LogP contribution is -2.37. The molecule has 2 aromatic carbocycles. The van der Waals surface area contributed by atoms with Crippen LogP contribution in [-0.4, -0.2) is 20.3 Å². The summed E-state index contributed by atoms with van der Waals surface area (Å²) in [5, 5.41) is 0.421. The lowest BCUT2D eigenvalue weighted by Gasteiger charge is -2.28. The highest BCUT2D eigenvalue weighted by atomic mass is 79.9. The summed E-state index contributed by atoms with van der Waals surface area (Å²) in [6, 6.07) is 14.1. The van der Waals surface area contributed by atoms with Crippen LogP contribution in [0.4, 0.5) is 4.39 Å². The van der Waals surface area contributed by atoms with Gasteiger partial charge < -0.3 is 9.30 Å². The van der Waals surface area contributed by atoms with Crippen molar-refractivity contribution in [3.8, 4) is 11.3 Å². The van der Waals surface area contributed by atoms with Crippen molar-refractivity contribution in [2.45, 2.75) is 12.6 Å². The van der Waals surface area contributed by atoms with Crippen LogP contribution in [0.2, 0.25) is 0 Å². The van der Waals surface area contributed by atoms with Gasteiger partial charge in [-0.25, -0.2) is 9.18 Å². The summed E-state index contributed by atoms with van der Waals surface area (Å²) in [7, 11) is 3.10. The molecule has 0 aliphatic carbocycles. The molecule has 1 aliphatic rings. The van der Waals surface area contributed by atoms with Crippen molar-refractivity contribution in [1.29, 1.82) is 0 Å². The smallest absolute Gasteiger partial charge is 0.331 e. The first kappa shape index (κ1) is 20.0. The predicted molar refractivity (Wildman–Crippen MR) is 120 cm³/mol. The maximum absolute atomic E-state index is 14.7. The molecule has 0 spiro atoms. The van der Waals surface area contributed by atoms with Gasteiger partial charge in [-0.2, -0.15) is 0 Å². The summed E-state index contributed by atoms with van der Waals surface area (Å²) in [4.78, 5) is 26.1. The van der Waals surface area contributed by atoms with Crippen LogP contribution in [0.25, 0.3) is 22.2 Å². The van der Waals surface area contributed by atoms with E-state index in [1.54, 1.807) is 25.2 Å². The van der Waals surface area contributed by atoms with Gasteiger partial charge in [0.05, 0.1) is 28.9 Å². The molecule has 1 aliphatic heterocycles. The predicted octanol–water partition coefficient (Wildman–Crippen LogP) is 3.73. The van der Waals surface area contributed by atoms with Crippen molar-refractivity contribution >= 4 is 26.8 Å². The topological polar surface area (TPSA) is 58.2 Å². The third kappa shape index (κ3) is 2.93. The van der Waals surface area contributed by atoms with Crippen LogP contribution < -0.4 is 11.2 Å². The van der Waals surface area contributed by atoms with Crippen LogP contribution in [0, 0.1) is 5.82 Å². The number of aromatic nitrogens is 3. The average Bonchev–Trinajstić information content (AvgIpc) is 3.12. The molecule has 0 saturated heterocycles. The third-order valence-electron chi connectivity index (χ3n) is 5.84. The summed E-state index contributed by atoms with van der Waals surface area (Å²) >= 11 is 3.50. The van der Waals surface area contributed by atoms with Crippen LogP contribution in [-0.2, 0) is 25.4 Å². The molecule has 5 rings (SSSR count). The van der Waals surface area contributed by atoms with Crippen molar-refractivity contribution in [3.05, 3.63) is 90.9 Å². The highest BCUT2D eigenvalue weighted by Gasteiger charge is 2.34. The zero-order chi connectivity index (χ0) is 21.9. The molecule has 6 nitrogen and oxygen atoms in total. The van der Waals surface area contributed by atoms with E-state index in [2.05, 4.69) is 15.9 Å². The number of benzene rings is 2. The van der Waals surface area contributed by atoms with E-state index in [1.807, 2.05) is 28.8 Å². The molecule has 2 aromatic heterocycles. The molecular weight excluding hydrogens is 465 g/mol. The van der Waals surface area contributed by atoms with Gasteiger partial charge in [-0.1, -0.05) is 46.3 Å². The fourth-order valence-electron chi connectivity index (χ4n) is 4.44. The second-order valence-electron chi connectivity index (χ2n) is 7.60. The van der Waals surface area contributed by atoms with Gasteiger partial charge in [0, 0.05) is 36.2 Å². The molecule has 1 atom stereocenters. The quantitative estimate of drug-likeness (QED) is 0.436. The Morgan fingerprint density at radius 3 is 2.58 bits per heavy atom. The molecule has 0 saturated carbocycles. The number of hydrogen-bond acceptors (Lipinski definition) is 3. The molecule has 31 heavy (non-hydrogen) atoms. The Morgan fingerprint density at radius 1 is 1.06 bits per heavy atom. The maximum Gasteiger partial charge on any atom is 0.331 e. The van der Waals surface area contributed by atoms with Crippen molar-refractivity contribution < 1.29 is 9.13 Å². The Kier molecular flexibility index (Phi) is 4.71. The van der Waals surface area contributed by atoms with E-state index in [1.165, 1.54) is 17.7 Å². The first-order chi connectivity index (χ1) is 14.9. The van der Waals surface area contributed by atoms with Gasteiger partial charge in [0.25, 0.3) is 5.56 Å². The Balaban J connectivity index is 1.98. The number of fused-ring (bicyclic) bond motifs is 3. The van der Waals surface area contributed by atoms with E-state index in [0.29, 0.717) is 41.0 Å². The van der Waals surface area contributed by atoms with Gasteiger partial charge in [-0.05, 0) is 18.2 Å². The highest BCUT2D eigenvalue weighted by molar-refractivity contribution is 9.10. The van der Waals surface area contributed by atoms with Crippen LogP contribution in [0.3, 0.4) is 0 Å². The molecule has 0 radical (unpaired) electrons. The second kappa shape index (κ2) is 7.32. The first-order valence-electron chi connectivity index (χ1n) is 9.84. The Labute approximate surface area is 185 Å². The zero-order valence-corrected chi connectivity index (χ0v) is 18.5. The fourth-order valence-corrected chi connectivity index (χ4v) is 4.84. The molecular formula is C23H19BrFN3O3. The van der Waals surface area contributed by atoms with Crippen LogP contribution >= 0.6 is 15.9 Å². The van der Waals surface area contributed by atoms with Crippen molar-refractivity contribution in [2.24, 2.45) is 14.1 Å². The average molecular weight is 484 g/mol. The number of halogens is 2. The van der Waals surface area contributed by atoms with Gasteiger partial charge in [0.2, 0.25) is 0 Å². The monoisotopic (exact) mass is 483 g/mol. The third-order valence-corrected chi connectivity index (χ3v) is 6.33. The van der Waals surface area contributed by atoms with Crippen LogP contribution in [0.5, 0.6) is 0 Å². The molecule has 0 unspecified atom stereocenters. The molecule has 8 heteroatoms. The van der Waals surface area contributed by atoms with Gasteiger partial charge in [-0.3, -0.25) is 13.9 Å². The molecule has 0 fully saturated rings. The summed E-state index contributed by atoms with van der Waals surface area (Å²) in [6.07, 6.45) is -0.740. The summed E-state index contributed by atoms with van der Waals surface area (Å²) in [5.41, 5.74) is 2.15. The molecule has 0 N–H and O–H groups in total. The number of rotatable bonds is 2. The summed E-state index contributed by atoms with van der Waals surface area (Å²) in [6.45, 7) is 0.830. The highest BCUT2D eigenvalue weighted by Crippen LogP contribution is 2.41. The van der Waals surface area contributed by atoms with Crippen molar-refractivity contribution in [3.63, 3.8) is 0 Å². The van der Waals surface area contributed by atoms with Crippen molar-refractivity contribution in [2.75, 3.05) is 6.61 Å². The van der Waals surface area contributed by atoms with Gasteiger partial charge in [0.15, 0.2) is 0 Å². The first-order valence-corrected chi connectivity index (χ1v) is 10.6. The van der Waals surface area contributed by atoms with E-state index in [9.17, 15) is 14.0 Å².